The topological polar surface area (TPSA) is 83.7 Å². The lowest BCUT2D eigenvalue weighted by Crippen LogP contribution is -2.44. The number of hydrogen-bond acceptors (Lipinski definition) is 4. The van der Waals surface area contributed by atoms with Gasteiger partial charge in [0.25, 0.3) is 11.6 Å². The molecule has 1 fully saturated rings. The molecule has 1 aromatic carbocycles. The van der Waals surface area contributed by atoms with Crippen molar-refractivity contribution in [3.8, 4) is 0 Å². The number of likely N-dealkylation sites (tertiary alicyclic amines) is 1. The molecule has 1 aliphatic rings. The van der Waals surface area contributed by atoms with Gasteiger partial charge in [-0.2, -0.15) is 0 Å². The highest BCUT2D eigenvalue weighted by molar-refractivity contribution is 5.96. The predicted molar refractivity (Wildman–Crippen MR) is 78.2 cm³/mol. The summed E-state index contributed by atoms with van der Waals surface area (Å²) in [4.78, 5) is 24.8. The molecule has 0 spiro atoms. The molecule has 6 heteroatoms. The van der Waals surface area contributed by atoms with Crippen molar-refractivity contribution < 1.29 is 14.8 Å². The average molecular weight is 292 g/mol. The second-order valence-corrected chi connectivity index (χ2v) is 5.42. The van der Waals surface area contributed by atoms with Crippen LogP contribution in [0.2, 0.25) is 0 Å². The number of piperidine rings is 1. The molecule has 2 rings (SSSR count). The van der Waals surface area contributed by atoms with Gasteiger partial charge in [0.1, 0.15) is 0 Å². The van der Waals surface area contributed by atoms with Gasteiger partial charge in [0.05, 0.1) is 4.92 Å². The number of aliphatic hydroxyl groups is 1. The maximum absolute atomic E-state index is 12.7. The number of amides is 1. The van der Waals surface area contributed by atoms with Crippen LogP contribution in [-0.4, -0.2) is 40.0 Å². The molecule has 0 aliphatic carbocycles. The zero-order valence-electron chi connectivity index (χ0n) is 12.1. The maximum Gasteiger partial charge on any atom is 0.270 e. The molecule has 114 valence electrons. The lowest BCUT2D eigenvalue weighted by atomic mass is 9.97. The van der Waals surface area contributed by atoms with E-state index >= 15 is 0 Å². The Morgan fingerprint density at radius 2 is 2.24 bits per heavy atom. The first-order valence-corrected chi connectivity index (χ1v) is 7.21. The molecule has 21 heavy (non-hydrogen) atoms. The molecular weight excluding hydrogens is 272 g/mol. The van der Waals surface area contributed by atoms with Crippen molar-refractivity contribution in [2.75, 3.05) is 13.2 Å². The smallest absolute Gasteiger partial charge is 0.270 e. The Kier molecular flexibility index (Phi) is 4.90. The molecule has 1 amide bonds. The van der Waals surface area contributed by atoms with Gasteiger partial charge in [-0.15, -0.1) is 0 Å². The summed E-state index contributed by atoms with van der Waals surface area (Å²) in [6.07, 6.45) is 3.41. The Hall–Kier alpha value is -1.95. The van der Waals surface area contributed by atoms with Crippen molar-refractivity contribution in [3.05, 3.63) is 39.4 Å². The molecule has 1 heterocycles. The average Bonchev–Trinajstić information content (AvgIpc) is 2.47. The Bertz CT molecular complexity index is 542. The van der Waals surface area contributed by atoms with E-state index < -0.39 is 4.92 Å². The summed E-state index contributed by atoms with van der Waals surface area (Å²) >= 11 is 0. The second-order valence-electron chi connectivity index (χ2n) is 5.42. The third kappa shape index (κ3) is 3.39. The molecule has 1 aliphatic heterocycles. The zero-order chi connectivity index (χ0) is 15.4. The molecule has 1 saturated heterocycles. The first-order valence-electron chi connectivity index (χ1n) is 7.21. The highest BCUT2D eigenvalue weighted by Gasteiger charge is 2.28. The van der Waals surface area contributed by atoms with Gasteiger partial charge in [0, 0.05) is 36.9 Å². The summed E-state index contributed by atoms with van der Waals surface area (Å²) in [6, 6.07) is 4.39. The van der Waals surface area contributed by atoms with Gasteiger partial charge in [-0.05, 0) is 38.2 Å². The number of hydrogen-bond donors (Lipinski definition) is 1. The van der Waals surface area contributed by atoms with Crippen LogP contribution in [0.5, 0.6) is 0 Å². The molecule has 1 aromatic rings. The van der Waals surface area contributed by atoms with Crippen LogP contribution >= 0.6 is 0 Å². The van der Waals surface area contributed by atoms with Gasteiger partial charge in [-0.3, -0.25) is 14.9 Å². The number of aliphatic hydroxyl groups excluding tert-OH is 1. The summed E-state index contributed by atoms with van der Waals surface area (Å²) in [5.41, 5.74) is 1.05. The van der Waals surface area contributed by atoms with E-state index in [9.17, 15) is 14.9 Å². The second kappa shape index (κ2) is 6.67. The minimum Gasteiger partial charge on any atom is -0.396 e. The minimum atomic E-state index is -0.488. The van der Waals surface area contributed by atoms with E-state index in [1.165, 1.54) is 12.1 Å². The summed E-state index contributed by atoms with van der Waals surface area (Å²) in [7, 11) is 0. The number of nitro benzene ring substituents is 1. The molecule has 0 radical (unpaired) electrons. The fourth-order valence-corrected chi connectivity index (χ4v) is 2.83. The molecule has 1 atom stereocenters. The molecule has 1 N–H and O–H groups in total. The van der Waals surface area contributed by atoms with Crippen LogP contribution in [0.3, 0.4) is 0 Å². The third-order valence-electron chi connectivity index (χ3n) is 4.01. The van der Waals surface area contributed by atoms with Crippen molar-refractivity contribution in [2.45, 2.75) is 38.6 Å². The van der Waals surface area contributed by atoms with E-state index in [1.54, 1.807) is 17.9 Å². The van der Waals surface area contributed by atoms with Crippen LogP contribution < -0.4 is 0 Å². The lowest BCUT2D eigenvalue weighted by molar-refractivity contribution is -0.384. The summed E-state index contributed by atoms with van der Waals surface area (Å²) in [6.45, 7) is 2.47. The number of carbonyl (C=O) groups is 1. The van der Waals surface area contributed by atoms with E-state index in [2.05, 4.69) is 0 Å². The lowest BCUT2D eigenvalue weighted by Gasteiger charge is -2.35. The molecular formula is C15H20N2O4. The molecule has 0 bridgehead atoms. The Morgan fingerprint density at radius 3 is 2.90 bits per heavy atom. The van der Waals surface area contributed by atoms with Crippen molar-refractivity contribution in [3.63, 3.8) is 0 Å². The normalized spacial score (nSPS) is 18.6. The Balaban J connectivity index is 2.29. The summed E-state index contributed by atoms with van der Waals surface area (Å²) in [5, 5.41) is 20.0. The molecule has 0 aromatic heterocycles. The standard InChI is InChI=1S/C15H20N2O4/c1-11-5-6-13(17(20)21)10-14(11)15(19)16-8-3-2-4-12(16)7-9-18/h5-6,10,12,18H,2-4,7-9H2,1H3. The highest BCUT2D eigenvalue weighted by atomic mass is 16.6. The van der Waals surface area contributed by atoms with E-state index in [0.29, 0.717) is 18.5 Å². The van der Waals surface area contributed by atoms with Crippen molar-refractivity contribution in [2.24, 2.45) is 0 Å². The van der Waals surface area contributed by atoms with Crippen LogP contribution in [0, 0.1) is 17.0 Å². The quantitative estimate of drug-likeness (QED) is 0.681. The van der Waals surface area contributed by atoms with Crippen LogP contribution in [0.4, 0.5) is 5.69 Å². The van der Waals surface area contributed by atoms with Crippen molar-refractivity contribution in [1.29, 1.82) is 0 Å². The van der Waals surface area contributed by atoms with Gasteiger partial charge in [-0.25, -0.2) is 0 Å². The van der Waals surface area contributed by atoms with Crippen LogP contribution in [0.1, 0.15) is 41.6 Å². The zero-order valence-corrected chi connectivity index (χ0v) is 12.1. The number of non-ortho nitro benzene ring substituents is 1. The third-order valence-corrected chi connectivity index (χ3v) is 4.01. The number of nitro groups is 1. The minimum absolute atomic E-state index is 0.0231. The number of aryl methyl sites for hydroxylation is 1. The first-order chi connectivity index (χ1) is 10.0. The van der Waals surface area contributed by atoms with E-state index in [1.807, 2.05) is 0 Å². The molecule has 6 nitrogen and oxygen atoms in total. The summed E-state index contributed by atoms with van der Waals surface area (Å²) in [5.74, 6) is -0.172. The maximum atomic E-state index is 12.7. The highest BCUT2D eigenvalue weighted by Crippen LogP contribution is 2.25. The largest absolute Gasteiger partial charge is 0.396 e. The number of rotatable bonds is 4. The van der Waals surface area contributed by atoms with Crippen molar-refractivity contribution >= 4 is 11.6 Å². The number of carbonyl (C=O) groups excluding carboxylic acids is 1. The van der Waals surface area contributed by atoms with E-state index in [-0.39, 0.29) is 24.2 Å². The van der Waals surface area contributed by atoms with Crippen LogP contribution in [0.25, 0.3) is 0 Å². The first kappa shape index (κ1) is 15.4. The van der Waals surface area contributed by atoms with Gasteiger partial charge in [0.2, 0.25) is 0 Å². The van der Waals surface area contributed by atoms with Gasteiger partial charge in [0.15, 0.2) is 0 Å². The van der Waals surface area contributed by atoms with Crippen LogP contribution in [0.15, 0.2) is 18.2 Å². The molecule has 1 unspecified atom stereocenters. The summed E-state index contributed by atoms with van der Waals surface area (Å²) < 4.78 is 0. The van der Waals surface area contributed by atoms with Gasteiger partial charge >= 0.3 is 0 Å². The predicted octanol–water partition coefficient (Wildman–Crippen LogP) is 2.28. The van der Waals surface area contributed by atoms with Gasteiger partial charge < -0.3 is 10.0 Å². The monoisotopic (exact) mass is 292 g/mol. The van der Waals surface area contributed by atoms with E-state index in [0.717, 1.165) is 24.8 Å². The SMILES string of the molecule is Cc1ccc([N+](=O)[O-])cc1C(=O)N1CCCCC1CCO. The molecule has 0 saturated carbocycles. The number of benzene rings is 1. The van der Waals surface area contributed by atoms with Gasteiger partial charge in [-0.1, -0.05) is 6.07 Å². The van der Waals surface area contributed by atoms with E-state index in [4.69, 9.17) is 5.11 Å². The number of nitrogens with zero attached hydrogens (tertiary/aromatic N) is 2. The van der Waals surface area contributed by atoms with Crippen molar-refractivity contribution in [1.82, 2.24) is 4.90 Å². The fourth-order valence-electron chi connectivity index (χ4n) is 2.83. The fraction of sp³-hybridized carbons (Fsp3) is 0.533. The van der Waals surface area contributed by atoms with Crippen LogP contribution in [-0.2, 0) is 0 Å². The Labute approximate surface area is 123 Å². The Morgan fingerprint density at radius 1 is 1.48 bits per heavy atom.